The van der Waals surface area contributed by atoms with Gasteiger partial charge >= 0.3 is 0 Å². The Hall–Kier alpha value is -1.05. The number of allylic oxidation sites excluding steroid dienone is 4. The molecule has 0 unspecified atom stereocenters. The van der Waals surface area contributed by atoms with Gasteiger partial charge in [-0.25, -0.2) is 0 Å². The van der Waals surface area contributed by atoms with Crippen LogP contribution in [-0.2, 0) is 9.53 Å². The molecule has 0 N–H and O–H groups in total. The summed E-state index contributed by atoms with van der Waals surface area (Å²) in [5, 5.41) is 0. The Morgan fingerprint density at radius 2 is 2.27 bits per heavy atom. The Labute approximate surface area is 65.5 Å². The average Bonchev–Trinajstić information content (AvgIpc) is 2.06. The summed E-state index contributed by atoms with van der Waals surface area (Å²) in [4.78, 5) is 11.2. The van der Waals surface area contributed by atoms with Crippen molar-refractivity contribution < 1.29 is 9.53 Å². The van der Waals surface area contributed by atoms with E-state index in [4.69, 9.17) is 4.74 Å². The lowest BCUT2D eigenvalue weighted by molar-refractivity contribution is -0.117. The van der Waals surface area contributed by atoms with Crippen LogP contribution in [-0.4, -0.2) is 12.4 Å². The van der Waals surface area contributed by atoms with Crippen LogP contribution in [0.1, 0.15) is 19.3 Å². The summed E-state index contributed by atoms with van der Waals surface area (Å²) in [6, 6.07) is 0. The first-order chi connectivity index (χ1) is 5.38. The van der Waals surface area contributed by atoms with Crippen molar-refractivity contribution in [3.8, 4) is 0 Å². The second-order valence-corrected chi connectivity index (χ2v) is 2.80. The molecule has 0 saturated heterocycles. The highest BCUT2D eigenvalue weighted by atomic mass is 16.5. The minimum absolute atomic E-state index is 0.238. The maximum absolute atomic E-state index is 11.2. The van der Waals surface area contributed by atoms with Crippen molar-refractivity contribution in [2.45, 2.75) is 19.3 Å². The van der Waals surface area contributed by atoms with Crippen LogP contribution >= 0.6 is 0 Å². The molecule has 0 radical (unpaired) electrons. The van der Waals surface area contributed by atoms with E-state index in [1.54, 1.807) is 0 Å². The molecule has 2 aliphatic rings. The SMILES string of the molecule is O=C1CCOC2=C1C=CCC2. The van der Waals surface area contributed by atoms with Gasteiger partial charge in [-0.15, -0.1) is 0 Å². The molecular weight excluding hydrogens is 140 g/mol. The first-order valence-electron chi connectivity index (χ1n) is 3.93. The fourth-order valence-electron chi connectivity index (χ4n) is 1.44. The maximum Gasteiger partial charge on any atom is 0.169 e. The van der Waals surface area contributed by atoms with Crippen LogP contribution in [0, 0.1) is 0 Å². The Morgan fingerprint density at radius 3 is 3.09 bits per heavy atom. The van der Waals surface area contributed by atoms with Gasteiger partial charge in [0.05, 0.1) is 12.2 Å². The third-order valence-electron chi connectivity index (χ3n) is 2.03. The molecule has 0 bridgehead atoms. The van der Waals surface area contributed by atoms with Crippen molar-refractivity contribution in [1.82, 2.24) is 0 Å². The third kappa shape index (κ3) is 1.09. The number of hydrogen-bond donors (Lipinski definition) is 0. The van der Waals surface area contributed by atoms with Gasteiger partial charge in [-0.2, -0.15) is 0 Å². The van der Waals surface area contributed by atoms with E-state index in [0.29, 0.717) is 13.0 Å². The van der Waals surface area contributed by atoms with Crippen molar-refractivity contribution in [3.05, 3.63) is 23.5 Å². The molecular formula is C9H10O2. The van der Waals surface area contributed by atoms with Crippen LogP contribution in [0.15, 0.2) is 23.5 Å². The number of carbonyl (C=O) groups is 1. The Morgan fingerprint density at radius 1 is 1.36 bits per heavy atom. The highest BCUT2D eigenvalue weighted by Gasteiger charge is 2.20. The first kappa shape index (κ1) is 6.65. The second-order valence-electron chi connectivity index (χ2n) is 2.80. The lowest BCUT2D eigenvalue weighted by atomic mass is 9.98. The summed E-state index contributed by atoms with van der Waals surface area (Å²) >= 11 is 0. The molecule has 0 fully saturated rings. The minimum Gasteiger partial charge on any atom is -0.497 e. The third-order valence-corrected chi connectivity index (χ3v) is 2.03. The number of ketones is 1. The number of carbonyl (C=O) groups excluding carboxylic acids is 1. The summed E-state index contributed by atoms with van der Waals surface area (Å²) in [6.45, 7) is 0.575. The maximum atomic E-state index is 11.2. The molecule has 0 aromatic carbocycles. The van der Waals surface area contributed by atoms with E-state index in [1.807, 2.05) is 12.2 Å². The molecule has 2 heteroatoms. The molecule has 1 aliphatic heterocycles. The molecule has 0 aromatic rings. The average molecular weight is 150 g/mol. The van der Waals surface area contributed by atoms with Gasteiger partial charge in [0, 0.05) is 12.8 Å². The molecule has 1 heterocycles. The normalized spacial score (nSPS) is 23.1. The van der Waals surface area contributed by atoms with Crippen molar-refractivity contribution in [3.63, 3.8) is 0 Å². The first-order valence-corrected chi connectivity index (χ1v) is 3.93. The van der Waals surface area contributed by atoms with E-state index in [-0.39, 0.29) is 5.78 Å². The molecule has 1 aliphatic carbocycles. The molecule has 2 nitrogen and oxygen atoms in total. The lowest BCUT2D eigenvalue weighted by Crippen LogP contribution is -2.17. The molecule has 0 spiro atoms. The van der Waals surface area contributed by atoms with Crippen molar-refractivity contribution in [2.24, 2.45) is 0 Å². The van der Waals surface area contributed by atoms with Crippen LogP contribution in [0.4, 0.5) is 0 Å². The van der Waals surface area contributed by atoms with Gasteiger partial charge in [0.1, 0.15) is 5.76 Å². The van der Waals surface area contributed by atoms with E-state index in [9.17, 15) is 4.79 Å². The number of ether oxygens (including phenoxy) is 1. The predicted molar refractivity (Wildman–Crippen MR) is 41.0 cm³/mol. The van der Waals surface area contributed by atoms with Crippen molar-refractivity contribution >= 4 is 5.78 Å². The van der Waals surface area contributed by atoms with Crippen molar-refractivity contribution in [1.29, 1.82) is 0 Å². The van der Waals surface area contributed by atoms with Gasteiger partial charge < -0.3 is 4.74 Å². The number of rotatable bonds is 0. The highest BCUT2D eigenvalue weighted by molar-refractivity contribution is 5.99. The van der Waals surface area contributed by atoms with E-state index in [1.165, 1.54) is 0 Å². The summed E-state index contributed by atoms with van der Waals surface area (Å²) in [6.07, 6.45) is 6.37. The van der Waals surface area contributed by atoms with Crippen molar-refractivity contribution in [2.75, 3.05) is 6.61 Å². The summed E-state index contributed by atoms with van der Waals surface area (Å²) < 4.78 is 5.36. The lowest BCUT2D eigenvalue weighted by Gasteiger charge is -2.20. The Kier molecular flexibility index (Phi) is 1.53. The van der Waals surface area contributed by atoms with Gasteiger partial charge in [0.15, 0.2) is 5.78 Å². The zero-order chi connectivity index (χ0) is 7.68. The summed E-state index contributed by atoms with van der Waals surface area (Å²) in [5.74, 6) is 1.14. The molecule has 0 aromatic heterocycles. The quantitative estimate of drug-likeness (QED) is 0.524. The van der Waals surface area contributed by atoms with Gasteiger partial charge in [0.2, 0.25) is 0 Å². The summed E-state index contributed by atoms with van der Waals surface area (Å²) in [7, 11) is 0. The van der Waals surface area contributed by atoms with E-state index in [0.717, 1.165) is 24.2 Å². The molecule has 0 amide bonds. The van der Waals surface area contributed by atoms with Crippen LogP contribution in [0.3, 0.4) is 0 Å². The van der Waals surface area contributed by atoms with E-state index >= 15 is 0 Å². The van der Waals surface area contributed by atoms with Gasteiger partial charge in [-0.05, 0) is 6.42 Å². The zero-order valence-electron chi connectivity index (χ0n) is 6.30. The monoisotopic (exact) mass is 150 g/mol. The summed E-state index contributed by atoms with van der Waals surface area (Å²) in [5.41, 5.74) is 0.808. The predicted octanol–water partition coefficient (Wildman–Crippen LogP) is 1.58. The van der Waals surface area contributed by atoms with Gasteiger partial charge in [0.25, 0.3) is 0 Å². The standard InChI is InChI=1S/C9H10O2/c10-8-5-6-11-9-4-2-1-3-7(8)9/h1,3H,2,4-6H2. The smallest absolute Gasteiger partial charge is 0.169 e. The van der Waals surface area contributed by atoms with E-state index < -0.39 is 0 Å². The molecule has 2 rings (SSSR count). The second kappa shape index (κ2) is 2.53. The highest BCUT2D eigenvalue weighted by Crippen LogP contribution is 2.24. The Balaban J connectivity index is 2.35. The van der Waals surface area contributed by atoms with Crippen LogP contribution in [0.25, 0.3) is 0 Å². The van der Waals surface area contributed by atoms with Crippen LogP contribution in [0.5, 0.6) is 0 Å². The zero-order valence-corrected chi connectivity index (χ0v) is 6.30. The van der Waals surface area contributed by atoms with Gasteiger partial charge in [-0.1, -0.05) is 12.2 Å². The van der Waals surface area contributed by atoms with Crippen LogP contribution < -0.4 is 0 Å². The fourth-order valence-corrected chi connectivity index (χ4v) is 1.44. The Bertz CT molecular complexity index is 248. The van der Waals surface area contributed by atoms with Gasteiger partial charge in [-0.3, -0.25) is 4.79 Å². The molecule has 11 heavy (non-hydrogen) atoms. The number of hydrogen-bond acceptors (Lipinski definition) is 2. The fraction of sp³-hybridized carbons (Fsp3) is 0.444. The largest absolute Gasteiger partial charge is 0.497 e. The molecule has 0 atom stereocenters. The minimum atomic E-state index is 0.238. The van der Waals surface area contributed by atoms with E-state index in [2.05, 4.69) is 0 Å². The van der Waals surface area contributed by atoms with Crippen LogP contribution in [0.2, 0.25) is 0 Å². The molecule has 58 valence electrons. The number of Topliss-reactive ketones (excluding diaryl/α,β-unsaturated/α-hetero) is 1. The topological polar surface area (TPSA) is 26.3 Å². The molecule has 0 saturated carbocycles.